The molecule has 2 aromatic rings. The van der Waals surface area contributed by atoms with Crippen molar-refractivity contribution in [2.75, 3.05) is 13.1 Å². The second-order valence-electron chi connectivity index (χ2n) is 6.97. The lowest BCUT2D eigenvalue weighted by Gasteiger charge is -2.31. The van der Waals surface area contributed by atoms with Crippen LogP contribution in [0.3, 0.4) is 0 Å². The fourth-order valence-corrected chi connectivity index (χ4v) is 3.66. The lowest BCUT2D eigenvalue weighted by molar-refractivity contribution is 0.0685. The number of amides is 1. The van der Waals surface area contributed by atoms with Crippen LogP contribution in [0.2, 0.25) is 0 Å². The third-order valence-electron chi connectivity index (χ3n) is 5.23. The molecular weight excluding hydrogens is 284 g/mol. The predicted octanol–water partition coefficient (Wildman–Crippen LogP) is 4.62. The Kier molecular flexibility index (Phi) is 4.74. The van der Waals surface area contributed by atoms with Gasteiger partial charge in [0, 0.05) is 30.5 Å². The van der Waals surface area contributed by atoms with Gasteiger partial charge >= 0.3 is 0 Å². The average Bonchev–Trinajstić information content (AvgIpc) is 2.85. The van der Waals surface area contributed by atoms with Gasteiger partial charge in [0.05, 0.1) is 0 Å². The van der Waals surface area contributed by atoms with E-state index in [-0.39, 0.29) is 5.91 Å². The summed E-state index contributed by atoms with van der Waals surface area (Å²) in [5.41, 5.74) is 3.25. The highest BCUT2D eigenvalue weighted by Crippen LogP contribution is 2.28. The highest BCUT2D eigenvalue weighted by molar-refractivity contribution is 6.01. The van der Waals surface area contributed by atoms with Crippen LogP contribution in [0.15, 0.2) is 24.3 Å². The van der Waals surface area contributed by atoms with E-state index in [1.165, 1.54) is 10.9 Å². The molecule has 1 aliphatic rings. The third-order valence-corrected chi connectivity index (χ3v) is 5.23. The number of piperidine rings is 1. The van der Waals surface area contributed by atoms with Crippen LogP contribution >= 0.6 is 0 Å². The number of likely N-dealkylation sites (tertiary alicyclic amines) is 1. The van der Waals surface area contributed by atoms with Gasteiger partial charge in [0.1, 0.15) is 5.69 Å². The molecule has 3 rings (SSSR count). The summed E-state index contributed by atoms with van der Waals surface area (Å²) < 4.78 is 2.26. The summed E-state index contributed by atoms with van der Waals surface area (Å²) in [7, 11) is 0. The molecule has 2 heterocycles. The number of hydrogen-bond donors (Lipinski definition) is 0. The van der Waals surface area contributed by atoms with Gasteiger partial charge in [-0.15, -0.1) is 0 Å². The summed E-state index contributed by atoms with van der Waals surface area (Å²) >= 11 is 0. The molecule has 3 heteroatoms. The number of nitrogens with zero attached hydrogens (tertiary/aromatic N) is 2. The number of aryl methyl sites for hydroxylation is 2. The molecule has 0 atom stereocenters. The van der Waals surface area contributed by atoms with Crippen LogP contribution < -0.4 is 0 Å². The smallest absolute Gasteiger partial charge is 0.270 e. The van der Waals surface area contributed by atoms with Crippen molar-refractivity contribution >= 4 is 16.8 Å². The molecule has 0 saturated carbocycles. The van der Waals surface area contributed by atoms with Crippen LogP contribution in [0.5, 0.6) is 0 Å². The summed E-state index contributed by atoms with van der Waals surface area (Å²) in [5, 5.41) is 1.22. The first kappa shape index (κ1) is 16.1. The first-order valence-corrected chi connectivity index (χ1v) is 9.00. The van der Waals surface area contributed by atoms with Crippen molar-refractivity contribution in [1.29, 1.82) is 0 Å². The molecule has 0 radical (unpaired) electrons. The summed E-state index contributed by atoms with van der Waals surface area (Å²) in [6, 6.07) is 8.42. The summed E-state index contributed by atoms with van der Waals surface area (Å²) in [6.45, 7) is 9.31. The lowest BCUT2D eigenvalue weighted by atomic mass is 9.99. The largest absolute Gasteiger partial charge is 0.337 e. The molecule has 0 N–H and O–H groups in total. The van der Waals surface area contributed by atoms with E-state index < -0.39 is 0 Å². The SMILES string of the molecule is CCCCn1c(C(=O)N2CCC(C)CC2)c(C)c2ccccc21. The Labute approximate surface area is 139 Å². The molecule has 1 amide bonds. The minimum absolute atomic E-state index is 0.224. The Morgan fingerprint density at radius 3 is 2.61 bits per heavy atom. The van der Waals surface area contributed by atoms with E-state index in [9.17, 15) is 4.79 Å². The van der Waals surface area contributed by atoms with Gasteiger partial charge in [0.2, 0.25) is 0 Å². The minimum Gasteiger partial charge on any atom is -0.337 e. The highest BCUT2D eigenvalue weighted by Gasteiger charge is 2.26. The molecule has 1 fully saturated rings. The average molecular weight is 312 g/mol. The molecule has 1 saturated heterocycles. The molecule has 1 aromatic carbocycles. The Morgan fingerprint density at radius 1 is 1.22 bits per heavy atom. The van der Waals surface area contributed by atoms with Crippen molar-refractivity contribution in [3.8, 4) is 0 Å². The molecule has 1 aromatic heterocycles. The molecule has 1 aliphatic heterocycles. The number of carbonyl (C=O) groups excluding carboxylic acids is 1. The number of aromatic nitrogens is 1. The van der Waals surface area contributed by atoms with E-state index in [1.54, 1.807) is 0 Å². The van der Waals surface area contributed by atoms with E-state index in [2.05, 4.69) is 54.5 Å². The van der Waals surface area contributed by atoms with Crippen molar-refractivity contribution < 1.29 is 4.79 Å². The molecule has 0 spiro atoms. The van der Waals surface area contributed by atoms with Gasteiger partial charge in [0.15, 0.2) is 0 Å². The third kappa shape index (κ3) is 3.01. The van der Waals surface area contributed by atoms with E-state index in [1.807, 2.05) is 0 Å². The lowest BCUT2D eigenvalue weighted by Crippen LogP contribution is -2.39. The molecule has 0 aliphatic carbocycles. The van der Waals surface area contributed by atoms with E-state index in [4.69, 9.17) is 0 Å². The van der Waals surface area contributed by atoms with Crippen LogP contribution in [0.4, 0.5) is 0 Å². The van der Waals surface area contributed by atoms with Gasteiger partial charge in [-0.05, 0) is 43.7 Å². The zero-order valence-corrected chi connectivity index (χ0v) is 14.6. The topological polar surface area (TPSA) is 25.2 Å². The number of unbranched alkanes of at least 4 members (excludes halogenated alkanes) is 1. The van der Waals surface area contributed by atoms with Crippen molar-refractivity contribution in [2.24, 2.45) is 5.92 Å². The second-order valence-corrected chi connectivity index (χ2v) is 6.97. The van der Waals surface area contributed by atoms with Crippen LogP contribution in [-0.4, -0.2) is 28.5 Å². The molecule has 124 valence electrons. The summed E-state index contributed by atoms with van der Waals surface area (Å²) in [4.78, 5) is 15.2. The number of fused-ring (bicyclic) bond motifs is 1. The Hall–Kier alpha value is -1.77. The predicted molar refractivity (Wildman–Crippen MR) is 95.9 cm³/mol. The minimum atomic E-state index is 0.224. The van der Waals surface area contributed by atoms with Gasteiger partial charge in [-0.1, -0.05) is 38.5 Å². The maximum Gasteiger partial charge on any atom is 0.270 e. The number of carbonyl (C=O) groups is 1. The Bertz CT molecular complexity index is 693. The summed E-state index contributed by atoms with van der Waals surface area (Å²) in [6.07, 6.45) is 4.50. The number of hydrogen-bond acceptors (Lipinski definition) is 1. The first-order valence-electron chi connectivity index (χ1n) is 9.00. The fourth-order valence-electron chi connectivity index (χ4n) is 3.66. The van der Waals surface area contributed by atoms with E-state index >= 15 is 0 Å². The van der Waals surface area contributed by atoms with E-state index in [0.29, 0.717) is 0 Å². The van der Waals surface area contributed by atoms with Crippen molar-refractivity contribution in [3.05, 3.63) is 35.5 Å². The zero-order chi connectivity index (χ0) is 16.4. The number of para-hydroxylation sites is 1. The second kappa shape index (κ2) is 6.77. The van der Waals surface area contributed by atoms with Crippen molar-refractivity contribution in [1.82, 2.24) is 9.47 Å². The standard InChI is InChI=1S/C20H28N2O/c1-4-5-12-22-18-9-7-6-8-17(18)16(3)19(22)20(23)21-13-10-15(2)11-14-21/h6-9,15H,4-5,10-14H2,1-3H3. The summed E-state index contributed by atoms with van der Waals surface area (Å²) in [5.74, 6) is 0.966. The van der Waals surface area contributed by atoms with Crippen LogP contribution in [0, 0.1) is 12.8 Å². The Balaban J connectivity index is 2.01. The van der Waals surface area contributed by atoms with Crippen LogP contribution in [-0.2, 0) is 6.54 Å². The highest BCUT2D eigenvalue weighted by atomic mass is 16.2. The van der Waals surface area contributed by atoms with E-state index in [0.717, 1.165) is 62.5 Å². The van der Waals surface area contributed by atoms with Crippen LogP contribution in [0.25, 0.3) is 10.9 Å². The van der Waals surface area contributed by atoms with Gasteiger partial charge in [-0.3, -0.25) is 4.79 Å². The number of rotatable bonds is 4. The quantitative estimate of drug-likeness (QED) is 0.808. The van der Waals surface area contributed by atoms with Crippen LogP contribution in [0.1, 0.15) is 55.6 Å². The normalized spacial score (nSPS) is 16.2. The maximum atomic E-state index is 13.2. The monoisotopic (exact) mass is 312 g/mol. The van der Waals surface area contributed by atoms with Gasteiger partial charge in [0.25, 0.3) is 5.91 Å². The maximum absolute atomic E-state index is 13.2. The molecule has 0 unspecified atom stereocenters. The molecule has 3 nitrogen and oxygen atoms in total. The number of benzene rings is 1. The van der Waals surface area contributed by atoms with Crippen molar-refractivity contribution in [2.45, 2.75) is 53.0 Å². The molecule has 0 bridgehead atoms. The first-order chi connectivity index (χ1) is 11.1. The van der Waals surface area contributed by atoms with Crippen molar-refractivity contribution in [3.63, 3.8) is 0 Å². The fraction of sp³-hybridized carbons (Fsp3) is 0.550. The molecular formula is C20H28N2O. The Morgan fingerprint density at radius 2 is 1.91 bits per heavy atom. The van der Waals surface area contributed by atoms with Gasteiger partial charge in [-0.2, -0.15) is 0 Å². The van der Waals surface area contributed by atoms with Gasteiger partial charge in [-0.25, -0.2) is 0 Å². The zero-order valence-electron chi connectivity index (χ0n) is 14.6. The molecule has 23 heavy (non-hydrogen) atoms. The van der Waals surface area contributed by atoms with Gasteiger partial charge < -0.3 is 9.47 Å².